The van der Waals surface area contributed by atoms with E-state index < -0.39 is 0 Å². The number of hydrogen-bond acceptors (Lipinski definition) is 6. The van der Waals surface area contributed by atoms with E-state index in [1.807, 2.05) is 24.3 Å². The summed E-state index contributed by atoms with van der Waals surface area (Å²) in [5.74, 6) is 0.0868. The fourth-order valence-corrected chi connectivity index (χ4v) is 6.01. The molecule has 1 N–H and O–H groups in total. The molecule has 0 fully saturated rings. The first-order valence-electron chi connectivity index (χ1n) is 10.7. The maximum absolute atomic E-state index is 13.3. The van der Waals surface area contributed by atoms with E-state index in [0.29, 0.717) is 18.3 Å². The third-order valence-electron chi connectivity index (χ3n) is 5.50. The van der Waals surface area contributed by atoms with Crippen LogP contribution in [0.3, 0.4) is 0 Å². The molecular weight excluding hydrogens is 430 g/mol. The zero-order valence-electron chi connectivity index (χ0n) is 17.9. The predicted molar refractivity (Wildman–Crippen MR) is 128 cm³/mol. The van der Waals surface area contributed by atoms with Gasteiger partial charge in [-0.2, -0.15) is 0 Å². The number of carbonyl (C=O) groups excluding carboxylic acids is 1. The second-order valence-electron chi connectivity index (χ2n) is 7.62. The minimum absolute atomic E-state index is 0.0126. The average Bonchev–Trinajstić information content (AvgIpc) is 3.35. The first-order chi connectivity index (χ1) is 15.1. The fourth-order valence-electron chi connectivity index (χ4n) is 3.88. The van der Waals surface area contributed by atoms with Gasteiger partial charge in [-0.05, 0) is 55.4 Å². The van der Waals surface area contributed by atoms with Gasteiger partial charge < -0.3 is 10.1 Å². The van der Waals surface area contributed by atoms with Gasteiger partial charge in [0.1, 0.15) is 4.83 Å². The van der Waals surface area contributed by atoms with Gasteiger partial charge >= 0.3 is 0 Å². The number of carbonyl (C=O) groups is 1. The van der Waals surface area contributed by atoms with E-state index in [4.69, 9.17) is 9.72 Å². The normalized spacial score (nSPS) is 13.0. The first kappa shape index (κ1) is 22.0. The van der Waals surface area contributed by atoms with Crippen molar-refractivity contribution in [2.75, 3.05) is 24.8 Å². The van der Waals surface area contributed by atoms with Crippen LogP contribution in [0.2, 0.25) is 0 Å². The van der Waals surface area contributed by atoms with Crippen molar-refractivity contribution in [1.82, 2.24) is 9.55 Å². The summed E-state index contributed by atoms with van der Waals surface area (Å²) in [6, 6.07) is 7.86. The molecule has 31 heavy (non-hydrogen) atoms. The third-order valence-corrected chi connectivity index (χ3v) is 7.66. The number of hydrogen-bond donors (Lipinski definition) is 1. The van der Waals surface area contributed by atoms with E-state index in [2.05, 4.69) is 12.2 Å². The summed E-state index contributed by atoms with van der Waals surface area (Å²) in [4.78, 5) is 32.7. The van der Waals surface area contributed by atoms with E-state index in [1.165, 1.54) is 27.8 Å². The Balaban J connectivity index is 1.54. The maximum Gasteiger partial charge on any atom is 0.263 e. The molecule has 1 aliphatic rings. The van der Waals surface area contributed by atoms with Gasteiger partial charge in [0.2, 0.25) is 5.91 Å². The Morgan fingerprint density at radius 2 is 2.10 bits per heavy atom. The number of thiophene rings is 1. The number of amides is 1. The molecule has 1 amide bonds. The monoisotopic (exact) mass is 457 g/mol. The molecule has 2 aromatic heterocycles. The van der Waals surface area contributed by atoms with Crippen molar-refractivity contribution in [2.24, 2.45) is 0 Å². The number of thioether (sulfide) groups is 1. The Hall–Kier alpha value is -2.16. The minimum atomic E-state index is -0.110. The second kappa shape index (κ2) is 9.97. The average molecular weight is 458 g/mol. The van der Waals surface area contributed by atoms with E-state index >= 15 is 0 Å². The standard InChI is InChI=1S/C23H27N3O3S2/c1-3-15-8-10-16(11-9-15)24-19(27)14-30-23-25-21-20(17-6-4-7-18(17)31-21)22(28)26(23)12-5-13-29-2/h8-11H,3-7,12-14H2,1-2H3,(H,24,27). The zero-order valence-corrected chi connectivity index (χ0v) is 19.5. The molecule has 2 heterocycles. The van der Waals surface area contributed by atoms with Crippen molar-refractivity contribution in [3.63, 3.8) is 0 Å². The Labute approximate surface area is 190 Å². The number of methoxy groups -OCH3 is 1. The van der Waals surface area contributed by atoms with Gasteiger partial charge in [0.15, 0.2) is 5.16 Å². The lowest BCUT2D eigenvalue weighted by Crippen LogP contribution is -2.25. The van der Waals surface area contributed by atoms with Gasteiger partial charge in [0, 0.05) is 30.8 Å². The Morgan fingerprint density at radius 3 is 2.84 bits per heavy atom. The van der Waals surface area contributed by atoms with Crippen LogP contribution in [0.25, 0.3) is 10.2 Å². The molecule has 6 nitrogen and oxygen atoms in total. The minimum Gasteiger partial charge on any atom is -0.385 e. The molecule has 1 aromatic carbocycles. The number of benzene rings is 1. The quantitative estimate of drug-likeness (QED) is 0.295. The summed E-state index contributed by atoms with van der Waals surface area (Å²) >= 11 is 2.94. The van der Waals surface area contributed by atoms with Crippen molar-refractivity contribution >= 4 is 44.9 Å². The summed E-state index contributed by atoms with van der Waals surface area (Å²) in [6.45, 7) is 3.20. The topological polar surface area (TPSA) is 73.2 Å². The first-order valence-corrected chi connectivity index (χ1v) is 12.5. The number of anilines is 1. The van der Waals surface area contributed by atoms with Crippen LogP contribution in [0, 0.1) is 0 Å². The highest BCUT2D eigenvalue weighted by Crippen LogP contribution is 2.35. The van der Waals surface area contributed by atoms with Crippen molar-refractivity contribution in [3.05, 3.63) is 50.6 Å². The highest BCUT2D eigenvalue weighted by Gasteiger charge is 2.23. The molecule has 0 atom stereocenters. The van der Waals surface area contributed by atoms with E-state index in [9.17, 15) is 9.59 Å². The van der Waals surface area contributed by atoms with Crippen molar-refractivity contribution in [1.29, 1.82) is 0 Å². The lowest BCUT2D eigenvalue weighted by atomic mass is 10.1. The molecule has 0 radical (unpaired) electrons. The molecule has 0 saturated carbocycles. The molecule has 0 aliphatic heterocycles. The van der Waals surface area contributed by atoms with Crippen molar-refractivity contribution in [2.45, 2.75) is 50.7 Å². The SMILES string of the molecule is CCc1ccc(NC(=O)CSc2nc3sc4c(c3c(=O)n2CCCOC)CCC4)cc1. The van der Waals surface area contributed by atoms with Crippen LogP contribution in [-0.4, -0.2) is 34.9 Å². The largest absolute Gasteiger partial charge is 0.385 e. The summed E-state index contributed by atoms with van der Waals surface area (Å²) in [7, 11) is 1.66. The van der Waals surface area contributed by atoms with Crippen LogP contribution in [0.5, 0.6) is 0 Å². The molecule has 0 saturated heterocycles. The maximum atomic E-state index is 13.3. The van der Waals surface area contributed by atoms with Crippen LogP contribution in [0.15, 0.2) is 34.2 Å². The highest BCUT2D eigenvalue weighted by atomic mass is 32.2. The van der Waals surface area contributed by atoms with Gasteiger partial charge in [-0.1, -0.05) is 30.8 Å². The molecule has 0 spiro atoms. The molecule has 0 bridgehead atoms. The molecule has 4 rings (SSSR count). The third kappa shape index (κ3) is 4.86. The van der Waals surface area contributed by atoms with Gasteiger partial charge in [-0.15, -0.1) is 11.3 Å². The van der Waals surface area contributed by atoms with E-state index in [1.54, 1.807) is 23.0 Å². The van der Waals surface area contributed by atoms with Crippen molar-refractivity contribution < 1.29 is 9.53 Å². The Kier molecular flexibility index (Phi) is 7.09. The number of nitrogens with zero attached hydrogens (tertiary/aromatic N) is 2. The molecule has 8 heteroatoms. The molecule has 164 valence electrons. The zero-order chi connectivity index (χ0) is 21.8. The fraction of sp³-hybridized carbons (Fsp3) is 0.435. The van der Waals surface area contributed by atoms with Gasteiger partial charge in [0.05, 0.1) is 11.1 Å². The number of ether oxygens (including phenoxy) is 1. The number of nitrogens with one attached hydrogen (secondary N) is 1. The summed E-state index contributed by atoms with van der Waals surface area (Å²) in [5.41, 5.74) is 3.20. The molecular formula is C23H27N3O3S2. The van der Waals surface area contributed by atoms with E-state index in [0.717, 1.165) is 48.0 Å². The molecule has 1 aliphatic carbocycles. The van der Waals surface area contributed by atoms with Crippen molar-refractivity contribution in [3.8, 4) is 0 Å². The second-order valence-corrected chi connectivity index (χ2v) is 9.65. The summed E-state index contributed by atoms with van der Waals surface area (Å²) < 4.78 is 6.89. The number of aromatic nitrogens is 2. The smallest absolute Gasteiger partial charge is 0.263 e. The summed E-state index contributed by atoms with van der Waals surface area (Å²) in [5, 5.41) is 4.31. The highest BCUT2D eigenvalue weighted by molar-refractivity contribution is 7.99. The number of aryl methyl sites for hydroxylation is 3. The number of rotatable bonds is 9. The lowest BCUT2D eigenvalue weighted by molar-refractivity contribution is -0.113. The van der Waals surface area contributed by atoms with Crippen LogP contribution in [0.1, 0.15) is 35.8 Å². The van der Waals surface area contributed by atoms with E-state index in [-0.39, 0.29) is 17.2 Å². The Bertz CT molecular complexity index is 1140. The predicted octanol–water partition coefficient (Wildman–Crippen LogP) is 4.28. The van der Waals surface area contributed by atoms with Gasteiger partial charge in [0.25, 0.3) is 5.56 Å². The number of fused-ring (bicyclic) bond motifs is 3. The van der Waals surface area contributed by atoms with Crippen LogP contribution >= 0.6 is 23.1 Å². The van der Waals surface area contributed by atoms with Gasteiger partial charge in [-0.3, -0.25) is 14.2 Å². The van der Waals surface area contributed by atoms with Crippen LogP contribution in [0.4, 0.5) is 5.69 Å². The van der Waals surface area contributed by atoms with Gasteiger partial charge in [-0.25, -0.2) is 4.98 Å². The lowest BCUT2D eigenvalue weighted by Gasteiger charge is -2.12. The van der Waals surface area contributed by atoms with Crippen LogP contribution < -0.4 is 10.9 Å². The molecule has 3 aromatic rings. The summed E-state index contributed by atoms with van der Waals surface area (Å²) in [6.07, 6.45) is 4.78. The molecule has 0 unspecified atom stereocenters. The van der Waals surface area contributed by atoms with Crippen LogP contribution in [-0.2, 0) is 35.3 Å². The Morgan fingerprint density at radius 1 is 1.29 bits per heavy atom.